The molecule has 15 rings (SSSR count). The van der Waals surface area contributed by atoms with Gasteiger partial charge >= 0.3 is 0 Å². The van der Waals surface area contributed by atoms with E-state index in [0.717, 1.165) is 0 Å². The van der Waals surface area contributed by atoms with Gasteiger partial charge in [-0.25, -0.2) is 0 Å². The molecule has 0 aliphatic heterocycles. The van der Waals surface area contributed by atoms with Gasteiger partial charge in [0.1, 0.15) is 0 Å². The summed E-state index contributed by atoms with van der Waals surface area (Å²) in [5.74, 6) is 0. The number of rotatable bonds is 6. The molecule has 0 spiro atoms. The zero-order valence-corrected chi connectivity index (χ0v) is 39.6. The quantitative estimate of drug-likeness (QED) is 0.115. The third-order valence-corrected chi connectivity index (χ3v) is 16.4. The van der Waals surface area contributed by atoms with Crippen LogP contribution >= 0.6 is 0 Å². The van der Waals surface area contributed by atoms with Gasteiger partial charge in [0, 0.05) is 0 Å². The SMILES string of the molecule is c1ccc(-c2c3ccccc3c(-c3ccccc3)c3c2ccc2c4c(ccc23)C(c2ccccc2)(c2ccccc2)c2cc3c(cc2-4)C(c2ccccc2)(c2ccccc2)c2ccc4ccccc4c2-3)cc1. The molecule has 0 radical (unpaired) electrons. The van der Waals surface area contributed by atoms with E-state index < -0.39 is 10.8 Å². The summed E-state index contributed by atoms with van der Waals surface area (Å²) in [6, 6.07) is 105. The molecule has 72 heavy (non-hydrogen) atoms. The Morgan fingerprint density at radius 2 is 0.556 bits per heavy atom. The van der Waals surface area contributed by atoms with Gasteiger partial charge in [0.05, 0.1) is 10.8 Å². The smallest absolute Gasteiger partial charge is 0.0622 e. The van der Waals surface area contributed by atoms with Crippen LogP contribution in [0.2, 0.25) is 0 Å². The Morgan fingerprint density at radius 1 is 0.208 bits per heavy atom. The summed E-state index contributed by atoms with van der Waals surface area (Å²) in [4.78, 5) is 0. The van der Waals surface area contributed by atoms with Crippen molar-refractivity contribution in [1.82, 2.24) is 0 Å². The molecule has 0 saturated heterocycles. The lowest BCUT2D eigenvalue weighted by atomic mass is 9.66. The molecule has 2 aliphatic carbocycles. The van der Waals surface area contributed by atoms with Gasteiger partial charge in [-0.15, -0.1) is 0 Å². The predicted molar refractivity (Wildman–Crippen MR) is 302 cm³/mol. The van der Waals surface area contributed by atoms with Crippen LogP contribution in [0, 0.1) is 0 Å². The number of benzene rings is 13. The van der Waals surface area contributed by atoms with Crippen molar-refractivity contribution in [3.8, 4) is 44.5 Å². The van der Waals surface area contributed by atoms with Crippen LogP contribution in [0.5, 0.6) is 0 Å². The van der Waals surface area contributed by atoms with Crippen LogP contribution < -0.4 is 0 Å². The maximum Gasteiger partial charge on any atom is 0.0714 e. The van der Waals surface area contributed by atoms with E-state index in [0.29, 0.717) is 0 Å². The fraction of sp³-hybridized carbons (Fsp3) is 0.0278. The minimum absolute atomic E-state index is 0.599. The molecule has 334 valence electrons. The first kappa shape index (κ1) is 40.8. The zero-order chi connectivity index (χ0) is 47.4. The first-order chi connectivity index (χ1) is 35.8. The highest BCUT2D eigenvalue weighted by Crippen LogP contribution is 2.64. The summed E-state index contributed by atoms with van der Waals surface area (Å²) in [6.45, 7) is 0. The lowest BCUT2D eigenvalue weighted by Crippen LogP contribution is -2.29. The van der Waals surface area contributed by atoms with Crippen LogP contribution in [0.1, 0.15) is 44.5 Å². The lowest BCUT2D eigenvalue weighted by Gasteiger charge is -2.35. The Morgan fingerprint density at radius 3 is 1.06 bits per heavy atom. The number of hydrogen-bond acceptors (Lipinski definition) is 0. The second-order valence-corrected chi connectivity index (χ2v) is 19.7. The van der Waals surface area contributed by atoms with E-state index in [2.05, 4.69) is 279 Å². The average Bonchev–Trinajstić information content (AvgIpc) is 3.93. The van der Waals surface area contributed by atoms with Crippen molar-refractivity contribution in [1.29, 1.82) is 0 Å². The van der Waals surface area contributed by atoms with Crippen molar-refractivity contribution in [3.05, 3.63) is 324 Å². The molecular formula is C72H46. The zero-order valence-electron chi connectivity index (χ0n) is 39.6. The molecule has 0 aromatic heterocycles. The van der Waals surface area contributed by atoms with Gasteiger partial charge in [0.15, 0.2) is 0 Å². The van der Waals surface area contributed by atoms with Crippen LogP contribution in [0.25, 0.3) is 87.6 Å². The van der Waals surface area contributed by atoms with Crippen molar-refractivity contribution in [2.75, 3.05) is 0 Å². The van der Waals surface area contributed by atoms with E-state index in [9.17, 15) is 0 Å². The van der Waals surface area contributed by atoms with Gasteiger partial charge in [-0.3, -0.25) is 0 Å². The highest BCUT2D eigenvalue weighted by atomic mass is 14.5. The van der Waals surface area contributed by atoms with E-state index in [1.807, 2.05) is 0 Å². The van der Waals surface area contributed by atoms with Crippen LogP contribution in [0.3, 0.4) is 0 Å². The fourth-order valence-corrected chi connectivity index (χ4v) is 13.6. The average molecular weight is 911 g/mol. The monoisotopic (exact) mass is 910 g/mol. The minimum atomic E-state index is -0.637. The van der Waals surface area contributed by atoms with E-state index >= 15 is 0 Å². The minimum Gasteiger partial charge on any atom is -0.0622 e. The first-order valence-corrected chi connectivity index (χ1v) is 25.3. The van der Waals surface area contributed by atoms with Crippen LogP contribution in [0.4, 0.5) is 0 Å². The standard InChI is InChI=1S/C72H46/c1-7-24-48(25-8-1)66-55-37-21-22-38-56(55)67(49-26-9-2-10-27-49)70-58-42-44-63-69(57(58)40-41-59(66)70)61-46-64-60(45-65(61)72(63,52-32-15-5-16-33-52)53-34-17-6-18-35-53)68-54-36-20-19-23-47(54)39-43-62(68)71(64,50-28-11-3-12-29-50)51-30-13-4-14-31-51/h1-46H. The summed E-state index contributed by atoms with van der Waals surface area (Å²) >= 11 is 0. The second kappa shape index (κ2) is 15.7. The highest BCUT2D eigenvalue weighted by molar-refractivity contribution is 6.29. The van der Waals surface area contributed by atoms with Crippen molar-refractivity contribution in [2.45, 2.75) is 10.8 Å². The summed E-state index contributed by atoms with van der Waals surface area (Å²) < 4.78 is 0. The first-order valence-electron chi connectivity index (χ1n) is 25.3. The molecule has 0 atom stereocenters. The molecule has 0 fully saturated rings. The Hall–Kier alpha value is -9.10. The summed E-state index contributed by atoms with van der Waals surface area (Å²) in [6.07, 6.45) is 0. The molecule has 0 bridgehead atoms. The second-order valence-electron chi connectivity index (χ2n) is 19.7. The van der Waals surface area contributed by atoms with E-state index in [-0.39, 0.29) is 0 Å². The van der Waals surface area contributed by atoms with Gasteiger partial charge in [0.2, 0.25) is 0 Å². The molecule has 0 N–H and O–H groups in total. The van der Waals surface area contributed by atoms with Gasteiger partial charge in [-0.2, -0.15) is 0 Å². The third kappa shape index (κ3) is 5.47. The molecule has 0 nitrogen and oxygen atoms in total. The molecule has 0 saturated carbocycles. The predicted octanol–water partition coefficient (Wildman–Crippen LogP) is 18.4. The number of fused-ring (bicyclic) bond motifs is 13. The molecule has 0 unspecified atom stereocenters. The maximum atomic E-state index is 2.64. The maximum absolute atomic E-state index is 2.64. The summed E-state index contributed by atoms with van der Waals surface area (Å²) in [5, 5.41) is 10.1. The molecule has 0 heteroatoms. The van der Waals surface area contributed by atoms with Crippen LogP contribution in [-0.2, 0) is 10.8 Å². The van der Waals surface area contributed by atoms with Crippen molar-refractivity contribution in [2.24, 2.45) is 0 Å². The fourth-order valence-electron chi connectivity index (χ4n) is 13.6. The van der Waals surface area contributed by atoms with Crippen molar-refractivity contribution >= 4 is 43.1 Å². The van der Waals surface area contributed by atoms with Gasteiger partial charge in [-0.05, 0) is 144 Å². The Balaban J connectivity index is 1.16. The normalized spacial score (nSPS) is 13.8. The van der Waals surface area contributed by atoms with E-state index in [4.69, 9.17) is 0 Å². The van der Waals surface area contributed by atoms with Gasteiger partial charge < -0.3 is 0 Å². The third-order valence-electron chi connectivity index (χ3n) is 16.4. The molecule has 2 aliphatic rings. The highest BCUT2D eigenvalue weighted by Gasteiger charge is 2.52. The Labute approximate surface area is 419 Å². The van der Waals surface area contributed by atoms with E-state index in [1.54, 1.807) is 0 Å². The Bertz CT molecular complexity index is 4190. The van der Waals surface area contributed by atoms with Crippen LogP contribution in [-0.4, -0.2) is 0 Å². The molecule has 0 heterocycles. The molecular weight excluding hydrogens is 865 g/mol. The topological polar surface area (TPSA) is 0 Å². The van der Waals surface area contributed by atoms with Crippen molar-refractivity contribution < 1.29 is 0 Å². The van der Waals surface area contributed by atoms with Crippen LogP contribution in [0.15, 0.2) is 279 Å². The lowest BCUT2D eigenvalue weighted by molar-refractivity contribution is 0.759. The van der Waals surface area contributed by atoms with Gasteiger partial charge in [-0.1, -0.05) is 267 Å². The molecule has 0 amide bonds. The largest absolute Gasteiger partial charge is 0.0714 e. The summed E-state index contributed by atoms with van der Waals surface area (Å²) in [7, 11) is 0. The van der Waals surface area contributed by atoms with Gasteiger partial charge in [0.25, 0.3) is 0 Å². The van der Waals surface area contributed by atoms with Crippen molar-refractivity contribution in [3.63, 3.8) is 0 Å². The molecule has 13 aromatic rings. The summed E-state index contributed by atoms with van der Waals surface area (Å²) in [5.41, 5.74) is 19.2. The molecule has 13 aromatic carbocycles. The van der Waals surface area contributed by atoms with E-state index in [1.165, 1.54) is 132 Å². The Kier molecular flexibility index (Phi) is 8.89. The number of hydrogen-bond donors (Lipinski definition) is 0.